The molecule has 5 nitrogen and oxygen atoms in total. The summed E-state index contributed by atoms with van der Waals surface area (Å²) >= 11 is 0. The largest absolute Gasteiger partial charge is 0.363 e. The van der Waals surface area contributed by atoms with Gasteiger partial charge in [-0.3, -0.25) is 4.98 Å². The lowest BCUT2D eigenvalue weighted by atomic mass is 10.3. The van der Waals surface area contributed by atoms with Crippen LogP contribution < -0.4 is 5.32 Å². The zero-order valence-electron chi connectivity index (χ0n) is 8.78. The van der Waals surface area contributed by atoms with Crippen molar-refractivity contribution in [3.05, 3.63) is 35.8 Å². The third-order valence-corrected chi connectivity index (χ3v) is 2.21. The Kier molecular flexibility index (Phi) is 2.62. The summed E-state index contributed by atoms with van der Waals surface area (Å²) in [7, 11) is 0. The number of anilines is 1. The maximum Gasteiger partial charge on any atom is 0.145 e. The summed E-state index contributed by atoms with van der Waals surface area (Å²) in [5.41, 5.74) is 2.93. The standard InChI is InChI=1S/C10H13N5/c1-7-8(2)15-10(5-12-7)13-4-9-3-11-6-14-9/h3,5-6H,4H2,1-2H3,(H,11,14)(H,13,15). The van der Waals surface area contributed by atoms with Crippen LogP contribution in [0.3, 0.4) is 0 Å². The molecule has 0 bridgehead atoms. The molecule has 2 rings (SSSR count). The van der Waals surface area contributed by atoms with Crippen LogP contribution in [0.15, 0.2) is 18.7 Å². The molecule has 0 fully saturated rings. The van der Waals surface area contributed by atoms with Crippen LogP contribution in [0.5, 0.6) is 0 Å². The number of aryl methyl sites for hydroxylation is 2. The van der Waals surface area contributed by atoms with E-state index >= 15 is 0 Å². The first-order valence-electron chi connectivity index (χ1n) is 4.77. The summed E-state index contributed by atoms with van der Waals surface area (Å²) in [6.45, 7) is 4.57. The molecule has 5 heteroatoms. The highest BCUT2D eigenvalue weighted by atomic mass is 15.0. The van der Waals surface area contributed by atoms with E-state index in [-0.39, 0.29) is 0 Å². The quantitative estimate of drug-likeness (QED) is 0.791. The second-order valence-corrected chi connectivity index (χ2v) is 3.36. The minimum Gasteiger partial charge on any atom is -0.363 e. The van der Waals surface area contributed by atoms with Crippen molar-refractivity contribution in [2.45, 2.75) is 20.4 Å². The van der Waals surface area contributed by atoms with Gasteiger partial charge in [0.15, 0.2) is 0 Å². The molecule has 0 amide bonds. The summed E-state index contributed by atoms with van der Waals surface area (Å²) in [4.78, 5) is 15.5. The van der Waals surface area contributed by atoms with Gasteiger partial charge in [0.05, 0.1) is 36.2 Å². The fourth-order valence-electron chi connectivity index (χ4n) is 1.19. The summed E-state index contributed by atoms with van der Waals surface area (Å²) in [5, 5.41) is 3.17. The van der Waals surface area contributed by atoms with Gasteiger partial charge in [0.1, 0.15) is 5.82 Å². The number of H-pyrrole nitrogens is 1. The highest BCUT2D eigenvalue weighted by molar-refractivity contribution is 5.33. The number of nitrogens with zero attached hydrogens (tertiary/aromatic N) is 3. The van der Waals surface area contributed by atoms with Crippen molar-refractivity contribution in [3.8, 4) is 0 Å². The molecule has 2 aromatic heterocycles. The highest BCUT2D eigenvalue weighted by Gasteiger charge is 1.99. The molecule has 78 valence electrons. The summed E-state index contributed by atoms with van der Waals surface area (Å²) in [5.74, 6) is 0.785. The fraction of sp³-hybridized carbons (Fsp3) is 0.300. The minimum absolute atomic E-state index is 0.678. The smallest absolute Gasteiger partial charge is 0.145 e. The van der Waals surface area contributed by atoms with E-state index in [1.165, 1.54) is 0 Å². The van der Waals surface area contributed by atoms with Crippen molar-refractivity contribution in [2.24, 2.45) is 0 Å². The number of nitrogens with one attached hydrogen (secondary N) is 2. The number of hydrogen-bond acceptors (Lipinski definition) is 4. The van der Waals surface area contributed by atoms with Crippen LogP contribution in [-0.4, -0.2) is 19.9 Å². The van der Waals surface area contributed by atoms with E-state index in [2.05, 4.69) is 25.3 Å². The molecule has 2 N–H and O–H groups in total. The maximum absolute atomic E-state index is 4.36. The van der Waals surface area contributed by atoms with Gasteiger partial charge in [-0.1, -0.05) is 0 Å². The van der Waals surface area contributed by atoms with Crippen LogP contribution in [0.1, 0.15) is 17.1 Å². The minimum atomic E-state index is 0.678. The highest BCUT2D eigenvalue weighted by Crippen LogP contribution is 2.06. The van der Waals surface area contributed by atoms with Crippen molar-refractivity contribution < 1.29 is 0 Å². The Morgan fingerprint density at radius 3 is 2.80 bits per heavy atom. The summed E-state index contributed by atoms with van der Waals surface area (Å²) in [6, 6.07) is 0. The van der Waals surface area contributed by atoms with Gasteiger partial charge in [-0.25, -0.2) is 9.97 Å². The number of imidazole rings is 1. The summed E-state index contributed by atoms with van der Waals surface area (Å²) < 4.78 is 0. The third kappa shape index (κ3) is 2.31. The van der Waals surface area contributed by atoms with E-state index < -0.39 is 0 Å². The molecule has 0 saturated carbocycles. The van der Waals surface area contributed by atoms with Gasteiger partial charge in [0, 0.05) is 6.20 Å². The molecule has 0 atom stereocenters. The van der Waals surface area contributed by atoms with E-state index in [4.69, 9.17) is 0 Å². The van der Waals surface area contributed by atoms with Gasteiger partial charge in [-0.2, -0.15) is 0 Å². The lowest BCUT2D eigenvalue weighted by Gasteiger charge is -2.05. The van der Waals surface area contributed by atoms with Gasteiger partial charge in [0.2, 0.25) is 0 Å². The number of rotatable bonds is 3. The average Bonchev–Trinajstić information content (AvgIpc) is 2.73. The molecular formula is C10H13N5. The fourth-order valence-corrected chi connectivity index (χ4v) is 1.19. The molecule has 0 radical (unpaired) electrons. The second kappa shape index (κ2) is 4.08. The second-order valence-electron chi connectivity index (χ2n) is 3.36. The van der Waals surface area contributed by atoms with Gasteiger partial charge < -0.3 is 10.3 Å². The Labute approximate surface area is 88.0 Å². The van der Waals surface area contributed by atoms with Crippen LogP contribution in [0.2, 0.25) is 0 Å². The Bertz CT molecular complexity index is 435. The Balaban J connectivity index is 2.02. The van der Waals surface area contributed by atoms with Crippen molar-refractivity contribution >= 4 is 5.82 Å². The van der Waals surface area contributed by atoms with Crippen molar-refractivity contribution in [3.63, 3.8) is 0 Å². The lowest BCUT2D eigenvalue weighted by Crippen LogP contribution is -2.04. The topological polar surface area (TPSA) is 66.5 Å². The van der Waals surface area contributed by atoms with Crippen molar-refractivity contribution in [1.82, 2.24) is 19.9 Å². The van der Waals surface area contributed by atoms with Crippen molar-refractivity contribution in [1.29, 1.82) is 0 Å². The van der Waals surface area contributed by atoms with Gasteiger partial charge in [-0.15, -0.1) is 0 Å². The first-order chi connectivity index (χ1) is 7.25. The molecule has 0 unspecified atom stereocenters. The molecule has 0 aliphatic carbocycles. The van der Waals surface area contributed by atoms with E-state index in [9.17, 15) is 0 Å². The van der Waals surface area contributed by atoms with E-state index in [0.717, 1.165) is 22.9 Å². The monoisotopic (exact) mass is 203 g/mol. The average molecular weight is 203 g/mol. The molecule has 0 aliphatic rings. The SMILES string of the molecule is Cc1ncc(NCc2cnc[nH]2)nc1C. The maximum atomic E-state index is 4.36. The number of hydrogen-bond donors (Lipinski definition) is 2. The molecule has 2 aromatic rings. The zero-order valence-corrected chi connectivity index (χ0v) is 8.78. The van der Waals surface area contributed by atoms with Crippen LogP contribution >= 0.6 is 0 Å². The van der Waals surface area contributed by atoms with Gasteiger partial charge >= 0.3 is 0 Å². The first-order valence-corrected chi connectivity index (χ1v) is 4.77. The van der Waals surface area contributed by atoms with Crippen LogP contribution in [0.25, 0.3) is 0 Å². The van der Waals surface area contributed by atoms with E-state index in [0.29, 0.717) is 6.54 Å². The zero-order chi connectivity index (χ0) is 10.7. The normalized spacial score (nSPS) is 10.3. The molecular weight excluding hydrogens is 190 g/mol. The molecule has 0 spiro atoms. The molecule has 2 heterocycles. The van der Waals surface area contributed by atoms with Gasteiger partial charge in [0.25, 0.3) is 0 Å². The third-order valence-electron chi connectivity index (χ3n) is 2.21. The first kappa shape index (κ1) is 9.64. The van der Waals surface area contributed by atoms with E-state index in [1.54, 1.807) is 18.7 Å². The number of aromatic amines is 1. The molecule has 0 aromatic carbocycles. The number of aromatic nitrogens is 4. The predicted molar refractivity (Wildman–Crippen MR) is 57.4 cm³/mol. The summed E-state index contributed by atoms with van der Waals surface area (Å²) in [6.07, 6.45) is 5.17. The lowest BCUT2D eigenvalue weighted by molar-refractivity contribution is 0.999. The molecule has 0 aliphatic heterocycles. The Morgan fingerprint density at radius 2 is 2.13 bits per heavy atom. The van der Waals surface area contributed by atoms with Crippen LogP contribution in [0, 0.1) is 13.8 Å². The Morgan fingerprint density at radius 1 is 1.27 bits per heavy atom. The van der Waals surface area contributed by atoms with Gasteiger partial charge in [-0.05, 0) is 13.8 Å². The van der Waals surface area contributed by atoms with Crippen LogP contribution in [0.4, 0.5) is 5.82 Å². The Hall–Kier alpha value is -1.91. The predicted octanol–water partition coefficient (Wildman–Crippen LogP) is 1.43. The van der Waals surface area contributed by atoms with E-state index in [1.807, 2.05) is 13.8 Å². The molecule has 0 saturated heterocycles. The van der Waals surface area contributed by atoms with Crippen molar-refractivity contribution in [2.75, 3.05) is 5.32 Å². The van der Waals surface area contributed by atoms with Crippen LogP contribution in [-0.2, 0) is 6.54 Å². The molecule has 15 heavy (non-hydrogen) atoms.